The molecule has 1 atom stereocenters. The van der Waals surface area contributed by atoms with Crippen LogP contribution in [0.2, 0.25) is 0 Å². The molecule has 4 nitrogen and oxygen atoms in total. The van der Waals surface area contributed by atoms with Gasteiger partial charge in [0, 0.05) is 12.8 Å². The van der Waals surface area contributed by atoms with Crippen LogP contribution in [0.15, 0.2) is 47.6 Å². The van der Waals surface area contributed by atoms with Crippen LogP contribution in [0.3, 0.4) is 0 Å². The fraction of sp³-hybridized carbons (Fsp3) is 0.200. The van der Waals surface area contributed by atoms with Gasteiger partial charge in [0.2, 0.25) is 6.10 Å². The first-order valence-corrected chi connectivity index (χ1v) is 6.21. The van der Waals surface area contributed by atoms with Gasteiger partial charge in [-0.15, -0.1) is 0 Å². The summed E-state index contributed by atoms with van der Waals surface area (Å²) in [7, 11) is 0. The molecule has 0 radical (unpaired) electrons. The molecule has 0 aliphatic carbocycles. The van der Waals surface area contributed by atoms with Gasteiger partial charge in [0.25, 0.3) is 5.91 Å². The van der Waals surface area contributed by atoms with E-state index in [1.807, 2.05) is 12.1 Å². The predicted molar refractivity (Wildman–Crippen MR) is 73.8 cm³/mol. The predicted octanol–water partition coefficient (Wildman–Crippen LogP) is 2.01. The second-order valence-electron chi connectivity index (χ2n) is 4.72. The van der Waals surface area contributed by atoms with Crippen molar-refractivity contribution < 1.29 is 9.63 Å². The third kappa shape index (κ3) is 2.42. The van der Waals surface area contributed by atoms with Crippen LogP contribution in [-0.4, -0.2) is 17.7 Å². The van der Waals surface area contributed by atoms with Gasteiger partial charge in [0.15, 0.2) is 0 Å². The maximum atomic E-state index is 11.0. The van der Waals surface area contributed by atoms with Crippen LogP contribution in [0.5, 0.6) is 0 Å². The molecular formula is C15H14N2O2. The summed E-state index contributed by atoms with van der Waals surface area (Å²) in [4.78, 5) is 16.0. The molecule has 2 aromatic rings. The molecule has 2 N–H and O–H groups in total. The molecule has 2 aromatic carbocycles. The quantitative estimate of drug-likeness (QED) is 0.910. The van der Waals surface area contributed by atoms with E-state index in [1.54, 1.807) is 0 Å². The van der Waals surface area contributed by atoms with E-state index in [0.29, 0.717) is 12.8 Å². The average Bonchev–Trinajstić information content (AvgIpc) is 2.87. The first kappa shape index (κ1) is 11.7. The fourth-order valence-corrected chi connectivity index (χ4v) is 2.27. The minimum absolute atomic E-state index is 0.461. The van der Waals surface area contributed by atoms with Crippen molar-refractivity contribution >= 4 is 22.4 Å². The van der Waals surface area contributed by atoms with E-state index in [4.69, 9.17) is 10.6 Å². The van der Waals surface area contributed by atoms with Gasteiger partial charge in [-0.3, -0.25) is 4.79 Å². The molecular weight excluding hydrogens is 240 g/mol. The summed E-state index contributed by atoms with van der Waals surface area (Å²) in [5, 5.41) is 6.34. The zero-order valence-corrected chi connectivity index (χ0v) is 10.4. The highest BCUT2D eigenvalue weighted by atomic mass is 16.6. The zero-order chi connectivity index (χ0) is 13.2. The molecule has 96 valence electrons. The zero-order valence-electron chi connectivity index (χ0n) is 10.4. The Morgan fingerprint density at radius 2 is 2.05 bits per heavy atom. The molecule has 0 bridgehead atoms. The maximum Gasteiger partial charge on any atom is 0.261 e. The standard InChI is InChI=1S/C15H14N2O2/c16-15(18)14-9-13(17-19-14)8-10-5-6-11-3-1-2-4-12(11)7-10/h1-7,14H,8-9H2,(H2,16,18). The number of primary amides is 1. The fourth-order valence-electron chi connectivity index (χ4n) is 2.27. The Kier molecular flexibility index (Phi) is 2.91. The van der Waals surface area contributed by atoms with Crippen LogP contribution >= 0.6 is 0 Å². The SMILES string of the molecule is NC(=O)C1CC(Cc2ccc3ccccc3c2)=NO1. The first-order chi connectivity index (χ1) is 9.22. The third-order valence-corrected chi connectivity index (χ3v) is 3.27. The van der Waals surface area contributed by atoms with Crippen molar-refractivity contribution in [2.24, 2.45) is 10.9 Å². The molecule has 0 spiro atoms. The van der Waals surface area contributed by atoms with Crippen molar-refractivity contribution in [1.29, 1.82) is 0 Å². The lowest BCUT2D eigenvalue weighted by molar-refractivity contribution is -0.127. The number of oxime groups is 1. The molecule has 1 aliphatic heterocycles. The number of amides is 1. The lowest BCUT2D eigenvalue weighted by Gasteiger charge is -2.03. The van der Waals surface area contributed by atoms with E-state index in [2.05, 4.69) is 35.5 Å². The van der Waals surface area contributed by atoms with Crippen molar-refractivity contribution in [1.82, 2.24) is 0 Å². The Hall–Kier alpha value is -2.36. The molecule has 0 saturated carbocycles. The van der Waals surface area contributed by atoms with Gasteiger partial charge in [-0.1, -0.05) is 47.6 Å². The lowest BCUT2D eigenvalue weighted by Crippen LogP contribution is -2.28. The molecule has 0 fully saturated rings. The molecule has 0 aromatic heterocycles. The molecule has 1 unspecified atom stereocenters. The number of nitrogens with two attached hydrogens (primary N) is 1. The van der Waals surface area contributed by atoms with Crippen LogP contribution < -0.4 is 5.73 Å². The number of nitrogens with zero attached hydrogens (tertiary/aromatic N) is 1. The van der Waals surface area contributed by atoms with E-state index >= 15 is 0 Å². The number of benzene rings is 2. The van der Waals surface area contributed by atoms with Gasteiger partial charge in [-0.2, -0.15) is 0 Å². The minimum Gasteiger partial charge on any atom is -0.382 e. The summed E-state index contributed by atoms with van der Waals surface area (Å²) in [5.74, 6) is -0.461. The van der Waals surface area contributed by atoms with E-state index < -0.39 is 12.0 Å². The Balaban J connectivity index is 1.77. The van der Waals surface area contributed by atoms with Crippen LogP contribution in [0, 0.1) is 0 Å². The van der Waals surface area contributed by atoms with E-state index in [-0.39, 0.29) is 0 Å². The van der Waals surface area contributed by atoms with Crippen molar-refractivity contribution in [3.05, 3.63) is 48.0 Å². The maximum absolute atomic E-state index is 11.0. The van der Waals surface area contributed by atoms with Crippen LogP contribution in [-0.2, 0) is 16.1 Å². The normalized spacial score (nSPS) is 18.1. The van der Waals surface area contributed by atoms with E-state index in [1.165, 1.54) is 10.8 Å². The first-order valence-electron chi connectivity index (χ1n) is 6.21. The molecule has 1 amide bonds. The molecule has 4 heteroatoms. The highest BCUT2D eigenvalue weighted by molar-refractivity contribution is 5.94. The van der Waals surface area contributed by atoms with Crippen molar-refractivity contribution in [3.63, 3.8) is 0 Å². The summed E-state index contributed by atoms with van der Waals surface area (Å²) in [5.41, 5.74) is 7.21. The summed E-state index contributed by atoms with van der Waals surface area (Å²) in [6, 6.07) is 14.5. The highest BCUT2D eigenvalue weighted by Crippen LogP contribution is 2.19. The van der Waals surface area contributed by atoms with Crippen LogP contribution in [0.4, 0.5) is 0 Å². The number of carbonyl (C=O) groups is 1. The number of hydrogen-bond acceptors (Lipinski definition) is 3. The van der Waals surface area contributed by atoms with Crippen LogP contribution in [0.25, 0.3) is 10.8 Å². The summed E-state index contributed by atoms with van der Waals surface area (Å²) < 4.78 is 0. The number of hydrogen-bond donors (Lipinski definition) is 1. The Bertz CT molecular complexity index is 664. The smallest absolute Gasteiger partial charge is 0.261 e. The summed E-state index contributed by atoms with van der Waals surface area (Å²) >= 11 is 0. The van der Waals surface area contributed by atoms with Crippen molar-refractivity contribution in [2.45, 2.75) is 18.9 Å². The van der Waals surface area contributed by atoms with E-state index in [9.17, 15) is 4.79 Å². The van der Waals surface area contributed by atoms with Crippen molar-refractivity contribution in [2.75, 3.05) is 0 Å². The van der Waals surface area contributed by atoms with E-state index in [0.717, 1.165) is 11.3 Å². The Morgan fingerprint density at radius 3 is 2.79 bits per heavy atom. The van der Waals surface area contributed by atoms with Gasteiger partial charge < -0.3 is 10.6 Å². The second-order valence-corrected chi connectivity index (χ2v) is 4.72. The van der Waals surface area contributed by atoms with Gasteiger partial charge in [0.05, 0.1) is 5.71 Å². The second kappa shape index (κ2) is 4.72. The molecule has 3 rings (SSSR count). The van der Waals surface area contributed by atoms with Gasteiger partial charge >= 0.3 is 0 Å². The van der Waals surface area contributed by atoms with Gasteiger partial charge in [0.1, 0.15) is 0 Å². The van der Waals surface area contributed by atoms with Crippen molar-refractivity contribution in [3.8, 4) is 0 Å². The Labute approximate surface area is 110 Å². The number of carbonyl (C=O) groups excluding carboxylic acids is 1. The number of rotatable bonds is 3. The monoisotopic (exact) mass is 254 g/mol. The number of fused-ring (bicyclic) bond motifs is 1. The third-order valence-electron chi connectivity index (χ3n) is 3.27. The van der Waals surface area contributed by atoms with Gasteiger partial charge in [-0.25, -0.2) is 0 Å². The molecule has 1 aliphatic rings. The highest BCUT2D eigenvalue weighted by Gasteiger charge is 2.25. The molecule has 1 heterocycles. The minimum atomic E-state index is -0.601. The van der Waals surface area contributed by atoms with Gasteiger partial charge in [-0.05, 0) is 16.3 Å². The summed E-state index contributed by atoms with van der Waals surface area (Å²) in [6.07, 6.45) is 0.576. The van der Waals surface area contributed by atoms with Crippen LogP contribution in [0.1, 0.15) is 12.0 Å². The molecule has 0 saturated heterocycles. The lowest BCUT2D eigenvalue weighted by atomic mass is 10.0. The largest absolute Gasteiger partial charge is 0.382 e. The summed E-state index contributed by atoms with van der Waals surface area (Å²) in [6.45, 7) is 0. The topological polar surface area (TPSA) is 64.7 Å². The Morgan fingerprint density at radius 1 is 1.26 bits per heavy atom. The molecule has 19 heavy (non-hydrogen) atoms. The average molecular weight is 254 g/mol.